The molecular weight excluding hydrogens is 256 g/mol. The number of carbonyl (C=O) groups excluding carboxylic acids is 1. The molecule has 0 amide bonds. The zero-order chi connectivity index (χ0) is 13.1. The summed E-state index contributed by atoms with van der Waals surface area (Å²) in [6.07, 6.45) is 6.92. The second kappa shape index (κ2) is 3.85. The van der Waals surface area contributed by atoms with Crippen LogP contribution >= 0.6 is 11.6 Å². The highest BCUT2D eigenvalue weighted by Gasteiger charge is 2.60. The highest BCUT2D eigenvalue weighted by Crippen LogP contribution is 2.66. The second-order valence-corrected chi connectivity index (χ2v) is 7.50. The fourth-order valence-corrected chi connectivity index (χ4v) is 5.84. The fourth-order valence-electron chi connectivity index (χ4n) is 5.62. The largest absolute Gasteiger partial charge is 0.281 e. The van der Waals surface area contributed by atoms with Gasteiger partial charge >= 0.3 is 0 Å². The van der Waals surface area contributed by atoms with E-state index in [-0.39, 0.29) is 16.1 Å². The van der Waals surface area contributed by atoms with Gasteiger partial charge in [0.1, 0.15) is 0 Å². The lowest BCUT2D eigenvalue weighted by Gasteiger charge is -2.61. The molecule has 0 aromatic heterocycles. The average molecular weight is 275 g/mol. The Morgan fingerprint density at radius 3 is 2.26 bits per heavy atom. The minimum absolute atomic E-state index is 0.0677. The topological polar surface area (TPSA) is 17.1 Å². The Labute approximate surface area is 119 Å². The van der Waals surface area contributed by atoms with Gasteiger partial charge in [0.25, 0.3) is 0 Å². The van der Waals surface area contributed by atoms with Crippen molar-refractivity contribution in [1.29, 1.82) is 0 Å². The van der Waals surface area contributed by atoms with Crippen molar-refractivity contribution in [2.24, 2.45) is 17.3 Å². The van der Waals surface area contributed by atoms with Gasteiger partial charge in [0.15, 0.2) is 0 Å². The molecular formula is C17H19ClO. The minimum atomic E-state index is -0.207. The third-order valence-electron chi connectivity index (χ3n) is 5.86. The molecule has 2 atom stereocenters. The van der Waals surface area contributed by atoms with Crippen molar-refractivity contribution in [2.45, 2.75) is 43.9 Å². The summed E-state index contributed by atoms with van der Waals surface area (Å²) in [5, 5.41) is -0.0677. The molecule has 4 aliphatic carbocycles. The van der Waals surface area contributed by atoms with E-state index >= 15 is 0 Å². The first kappa shape index (κ1) is 12.0. The summed E-state index contributed by atoms with van der Waals surface area (Å²) in [5.74, 6) is 1.42. The highest BCUT2D eigenvalue weighted by molar-refractivity contribution is 6.64. The molecule has 1 aromatic carbocycles. The van der Waals surface area contributed by atoms with E-state index in [1.54, 1.807) is 0 Å². The van der Waals surface area contributed by atoms with E-state index in [0.717, 1.165) is 19.3 Å². The SMILES string of the molecule is O=C(Cl)C12CC3CC(C1)CC(c1ccccc1)(C3)C2. The lowest BCUT2D eigenvalue weighted by molar-refractivity contribution is -0.138. The highest BCUT2D eigenvalue weighted by atomic mass is 35.5. The molecule has 0 N–H and O–H groups in total. The molecule has 0 radical (unpaired) electrons. The van der Waals surface area contributed by atoms with Crippen LogP contribution < -0.4 is 0 Å². The number of hydrogen-bond donors (Lipinski definition) is 0. The van der Waals surface area contributed by atoms with Gasteiger partial charge in [-0.2, -0.15) is 0 Å². The maximum atomic E-state index is 12.0. The van der Waals surface area contributed by atoms with Crippen LogP contribution in [0.3, 0.4) is 0 Å². The molecule has 0 heterocycles. The molecule has 4 aliphatic rings. The van der Waals surface area contributed by atoms with Gasteiger partial charge in [0, 0.05) is 5.41 Å². The molecule has 0 spiro atoms. The predicted molar refractivity (Wildman–Crippen MR) is 76.1 cm³/mol. The maximum Gasteiger partial charge on any atom is 0.227 e. The zero-order valence-electron chi connectivity index (χ0n) is 11.1. The average Bonchev–Trinajstić information content (AvgIpc) is 2.38. The van der Waals surface area contributed by atoms with Crippen molar-refractivity contribution in [3.05, 3.63) is 35.9 Å². The summed E-state index contributed by atoms with van der Waals surface area (Å²) >= 11 is 6.01. The maximum absolute atomic E-state index is 12.0. The molecule has 5 rings (SSSR count). The molecule has 4 bridgehead atoms. The molecule has 0 aliphatic heterocycles. The molecule has 4 fully saturated rings. The van der Waals surface area contributed by atoms with Crippen molar-refractivity contribution in [1.82, 2.24) is 0 Å². The van der Waals surface area contributed by atoms with E-state index in [4.69, 9.17) is 11.6 Å². The van der Waals surface area contributed by atoms with Crippen LogP contribution in [0.4, 0.5) is 0 Å². The number of halogens is 1. The van der Waals surface area contributed by atoms with E-state index in [1.807, 2.05) is 0 Å². The van der Waals surface area contributed by atoms with Crippen molar-refractivity contribution in [3.63, 3.8) is 0 Å². The van der Waals surface area contributed by atoms with Crippen molar-refractivity contribution in [2.75, 3.05) is 0 Å². The van der Waals surface area contributed by atoms with Gasteiger partial charge in [-0.3, -0.25) is 4.79 Å². The van der Waals surface area contributed by atoms with Crippen LogP contribution in [0.1, 0.15) is 44.1 Å². The summed E-state index contributed by atoms with van der Waals surface area (Å²) in [6, 6.07) is 10.8. The molecule has 1 nitrogen and oxygen atoms in total. The Bertz CT molecular complexity index is 507. The fraction of sp³-hybridized carbons (Fsp3) is 0.588. The number of hydrogen-bond acceptors (Lipinski definition) is 1. The van der Waals surface area contributed by atoms with E-state index < -0.39 is 0 Å². The van der Waals surface area contributed by atoms with Gasteiger partial charge in [-0.25, -0.2) is 0 Å². The predicted octanol–water partition coefficient (Wildman–Crippen LogP) is 4.29. The van der Waals surface area contributed by atoms with Crippen LogP contribution in [0, 0.1) is 17.3 Å². The van der Waals surface area contributed by atoms with Crippen LogP contribution in [0.15, 0.2) is 30.3 Å². The van der Waals surface area contributed by atoms with Gasteiger partial charge in [-0.1, -0.05) is 30.3 Å². The second-order valence-electron chi connectivity index (χ2n) is 7.16. The monoisotopic (exact) mass is 274 g/mol. The molecule has 2 unspecified atom stereocenters. The number of benzene rings is 1. The van der Waals surface area contributed by atoms with Crippen molar-refractivity contribution >= 4 is 16.8 Å². The zero-order valence-corrected chi connectivity index (χ0v) is 11.8. The lowest BCUT2D eigenvalue weighted by Crippen LogP contribution is -2.55. The molecule has 4 saturated carbocycles. The first-order valence-electron chi connectivity index (χ1n) is 7.37. The van der Waals surface area contributed by atoms with Gasteiger partial charge in [0.2, 0.25) is 5.24 Å². The quantitative estimate of drug-likeness (QED) is 0.735. The molecule has 2 heteroatoms. The Morgan fingerprint density at radius 1 is 1.05 bits per heavy atom. The van der Waals surface area contributed by atoms with Crippen molar-refractivity contribution < 1.29 is 4.79 Å². The number of carbonyl (C=O) groups is 1. The Hall–Kier alpha value is -0.820. The molecule has 100 valence electrons. The molecule has 19 heavy (non-hydrogen) atoms. The molecule has 0 saturated heterocycles. The lowest BCUT2D eigenvalue weighted by atomic mass is 9.43. The Morgan fingerprint density at radius 2 is 1.68 bits per heavy atom. The van der Waals surface area contributed by atoms with E-state index in [9.17, 15) is 4.79 Å². The van der Waals surface area contributed by atoms with Crippen molar-refractivity contribution in [3.8, 4) is 0 Å². The Kier molecular flexibility index (Phi) is 2.42. The van der Waals surface area contributed by atoms with E-state index in [2.05, 4.69) is 30.3 Å². The van der Waals surface area contributed by atoms with Crippen LogP contribution in [0.2, 0.25) is 0 Å². The van der Waals surface area contributed by atoms with Gasteiger partial charge in [-0.15, -0.1) is 0 Å². The standard InChI is InChI=1S/C17H19ClO/c18-15(19)17-9-12-6-13(10-17)8-16(7-12,11-17)14-4-2-1-3-5-14/h1-5,12-13H,6-11H2. The normalized spacial score (nSPS) is 43.4. The third kappa shape index (κ3) is 1.64. The third-order valence-corrected chi connectivity index (χ3v) is 6.27. The van der Waals surface area contributed by atoms with Crippen LogP contribution in [-0.4, -0.2) is 5.24 Å². The first-order valence-corrected chi connectivity index (χ1v) is 7.75. The van der Waals surface area contributed by atoms with E-state index in [0.29, 0.717) is 11.8 Å². The van der Waals surface area contributed by atoms with Crippen LogP contribution in [-0.2, 0) is 10.2 Å². The van der Waals surface area contributed by atoms with Gasteiger partial charge in [0.05, 0.1) is 0 Å². The smallest absolute Gasteiger partial charge is 0.227 e. The first-order chi connectivity index (χ1) is 9.12. The summed E-state index contributed by atoms with van der Waals surface area (Å²) < 4.78 is 0. The van der Waals surface area contributed by atoms with Crippen LogP contribution in [0.5, 0.6) is 0 Å². The Balaban J connectivity index is 1.80. The summed E-state index contributed by atoms with van der Waals surface area (Å²) in [4.78, 5) is 12.0. The number of rotatable bonds is 2. The molecule has 1 aromatic rings. The van der Waals surface area contributed by atoms with E-state index in [1.165, 1.54) is 24.8 Å². The summed E-state index contributed by atoms with van der Waals surface area (Å²) in [7, 11) is 0. The minimum Gasteiger partial charge on any atom is -0.281 e. The van der Waals surface area contributed by atoms with Gasteiger partial charge < -0.3 is 0 Å². The summed E-state index contributed by atoms with van der Waals surface area (Å²) in [6.45, 7) is 0. The summed E-state index contributed by atoms with van der Waals surface area (Å²) in [5.41, 5.74) is 1.46. The van der Waals surface area contributed by atoms with Crippen LogP contribution in [0.25, 0.3) is 0 Å². The van der Waals surface area contributed by atoms with Gasteiger partial charge in [-0.05, 0) is 72.9 Å².